The van der Waals surface area contributed by atoms with Crippen LogP contribution < -0.4 is 4.74 Å². The Balaban J connectivity index is 2.11. The van der Waals surface area contributed by atoms with Gasteiger partial charge in [-0.2, -0.15) is 0 Å². The SMILES string of the molecule is COc1ccccc1C(=O)O/N=C(\C)c1cccs1. The van der Waals surface area contributed by atoms with Crippen molar-refractivity contribution in [2.75, 3.05) is 7.11 Å². The Morgan fingerprint density at radius 2 is 2.00 bits per heavy atom. The van der Waals surface area contributed by atoms with Crippen LogP contribution in [0.3, 0.4) is 0 Å². The monoisotopic (exact) mass is 275 g/mol. The number of oxime groups is 1. The summed E-state index contributed by atoms with van der Waals surface area (Å²) in [5, 5.41) is 5.78. The van der Waals surface area contributed by atoms with Crippen LogP contribution in [0.4, 0.5) is 0 Å². The highest BCUT2D eigenvalue weighted by molar-refractivity contribution is 7.12. The van der Waals surface area contributed by atoms with Crippen molar-refractivity contribution in [3.8, 4) is 5.75 Å². The van der Waals surface area contributed by atoms with E-state index in [4.69, 9.17) is 9.57 Å². The Hall–Kier alpha value is -2.14. The summed E-state index contributed by atoms with van der Waals surface area (Å²) in [6, 6.07) is 10.7. The van der Waals surface area contributed by atoms with Crippen LogP contribution in [0.5, 0.6) is 5.75 Å². The second-order valence-electron chi connectivity index (χ2n) is 3.73. The van der Waals surface area contributed by atoms with E-state index in [2.05, 4.69) is 5.16 Å². The lowest BCUT2D eigenvalue weighted by atomic mass is 10.2. The van der Waals surface area contributed by atoms with Crippen molar-refractivity contribution in [2.45, 2.75) is 6.92 Å². The minimum Gasteiger partial charge on any atom is -0.496 e. The number of methoxy groups -OCH3 is 1. The largest absolute Gasteiger partial charge is 0.496 e. The highest BCUT2D eigenvalue weighted by Crippen LogP contribution is 2.18. The number of hydrogen-bond donors (Lipinski definition) is 0. The van der Waals surface area contributed by atoms with Crippen molar-refractivity contribution in [3.63, 3.8) is 0 Å². The molecule has 2 aromatic rings. The lowest BCUT2D eigenvalue weighted by molar-refractivity contribution is 0.0513. The number of hydrogen-bond acceptors (Lipinski definition) is 5. The topological polar surface area (TPSA) is 47.9 Å². The number of carbonyl (C=O) groups excluding carboxylic acids is 1. The molecule has 0 N–H and O–H groups in total. The van der Waals surface area contributed by atoms with Gasteiger partial charge in [0.1, 0.15) is 11.3 Å². The predicted octanol–water partition coefficient (Wildman–Crippen LogP) is 3.34. The average Bonchev–Trinajstić information content (AvgIpc) is 2.98. The molecule has 0 saturated heterocycles. The molecule has 0 fully saturated rings. The first-order chi connectivity index (χ1) is 9.22. The minimum absolute atomic E-state index is 0.354. The smallest absolute Gasteiger partial charge is 0.369 e. The quantitative estimate of drug-likeness (QED) is 0.488. The van der Waals surface area contributed by atoms with Crippen molar-refractivity contribution in [3.05, 3.63) is 52.2 Å². The van der Waals surface area contributed by atoms with Gasteiger partial charge in [-0.05, 0) is 30.5 Å². The summed E-state index contributed by atoms with van der Waals surface area (Å²) in [5.41, 5.74) is 1.02. The predicted molar refractivity (Wildman–Crippen MR) is 74.9 cm³/mol. The van der Waals surface area contributed by atoms with E-state index < -0.39 is 5.97 Å². The first-order valence-corrected chi connectivity index (χ1v) is 6.53. The van der Waals surface area contributed by atoms with Gasteiger partial charge in [0.05, 0.1) is 17.7 Å². The molecule has 0 amide bonds. The fraction of sp³-hybridized carbons (Fsp3) is 0.143. The number of thiophene rings is 1. The molecule has 0 unspecified atom stereocenters. The fourth-order valence-corrected chi connectivity index (χ4v) is 2.17. The van der Waals surface area contributed by atoms with Crippen LogP contribution in [0.15, 0.2) is 46.9 Å². The summed E-state index contributed by atoms with van der Waals surface area (Å²) in [7, 11) is 1.51. The molecular formula is C14H13NO3S. The molecule has 4 nitrogen and oxygen atoms in total. The molecule has 0 radical (unpaired) electrons. The van der Waals surface area contributed by atoms with Crippen LogP contribution in [-0.2, 0) is 4.84 Å². The summed E-state index contributed by atoms with van der Waals surface area (Å²) in [6.45, 7) is 1.79. The molecule has 1 heterocycles. The van der Waals surface area contributed by atoms with E-state index in [-0.39, 0.29) is 0 Å². The van der Waals surface area contributed by atoms with Gasteiger partial charge >= 0.3 is 5.97 Å². The molecule has 2 rings (SSSR count). The molecule has 0 saturated carbocycles. The lowest BCUT2D eigenvalue weighted by Crippen LogP contribution is -2.05. The molecule has 0 aliphatic rings. The first kappa shape index (κ1) is 13.3. The summed E-state index contributed by atoms with van der Waals surface area (Å²) in [6.07, 6.45) is 0. The van der Waals surface area contributed by atoms with Crippen LogP contribution in [0.2, 0.25) is 0 Å². The maximum atomic E-state index is 11.9. The van der Waals surface area contributed by atoms with E-state index in [1.54, 1.807) is 31.2 Å². The van der Waals surface area contributed by atoms with Gasteiger partial charge in [-0.3, -0.25) is 0 Å². The first-order valence-electron chi connectivity index (χ1n) is 5.65. The van der Waals surface area contributed by atoms with Crippen molar-refractivity contribution in [1.29, 1.82) is 0 Å². The number of rotatable bonds is 4. The number of ether oxygens (including phenoxy) is 1. The fourth-order valence-electron chi connectivity index (χ4n) is 1.50. The van der Waals surface area contributed by atoms with E-state index in [1.165, 1.54) is 18.4 Å². The summed E-state index contributed by atoms with van der Waals surface area (Å²) >= 11 is 1.54. The van der Waals surface area contributed by atoms with Gasteiger partial charge in [0.15, 0.2) is 0 Å². The third kappa shape index (κ3) is 3.20. The Morgan fingerprint density at radius 3 is 2.68 bits per heavy atom. The van der Waals surface area contributed by atoms with E-state index in [0.717, 1.165) is 4.88 Å². The summed E-state index contributed by atoms with van der Waals surface area (Å²) in [4.78, 5) is 17.8. The molecule has 0 bridgehead atoms. The van der Waals surface area contributed by atoms with Crippen LogP contribution in [0.25, 0.3) is 0 Å². The van der Waals surface area contributed by atoms with Crippen molar-refractivity contribution in [2.24, 2.45) is 5.16 Å². The molecule has 0 spiro atoms. The number of benzene rings is 1. The zero-order valence-electron chi connectivity index (χ0n) is 10.6. The number of nitrogens with zero attached hydrogens (tertiary/aromatic N) is 1. The van der Waals surface area contributed by atoms with Crippen molar-refractivity contribution >= 4 is 23.0 Å². The van der Waals surface area contributed by atoms with E-state index in [9.17, 15) is 4.79 Å². The molecule has 0 aliphatic carbocycles. The molecule has 5 heteroatoms. The number of para-hydroxylation sites is 1. The molecule has 0 atom stereocenters. The Labute approximate surface area is 115 Å². The normalized spacial score (nSPS) is 11.2. The van der Waals surface area contributed by atoms with Gasteiger partial charge < -0.3 is 9.57 Å². The molecule has 0 aliphatic heterocycles. The van der Waals surface area contributed by atoms with E-state index in [1.807, 2.05) is 17.5 Å². The highest BCUT2D eigenvalue weighted by atomic mass is 32.1. The molecular weight excluding hydrogens is 262 g/mol. The van der Waals surface area contributed by atoms with Gasteiger partial charge in [-0.1, -0.05) is 23.4 Å². The van der Waals surface area contributed by atoms with Crippen LogP contribution in [0.1, 0.15) is 22.2 Å². The second kappa shape index (κ2) is 6.15. The summed E-state index contributed by atoms with van der Waals surface area (Å²) < 4.78 is 5.10. The zero-order chi connectivity index (χ0) is 13.7. The highest BCUT2D eigenvalue weighted by Gasteiger charge is 2.13. The Bertz CT molecular complexity index is 590. The molecule has 1 aromatic carbocycles. The van der Waals surface area contributed by atoms with Crippen molar-refractivity contribution < 1.29 is 14.4 Å². The van der Waals surface area contributed by atoms with E-state index in [0.29, 0.717) is 17.0 Å². The van der Waals surface area contributed by atoms with Gasteiger partial charge in [0.25, 0.3) is 0 Å². The number of carbonyl (C=O) groups is 1. The molecule has 1 aromatic heterocycles. The maximum absolute atomic E-state index is 11.9. The lowest BCUT2D eigenvalue weighted by Gasteiger charge is -2.05. The maximum Gasteiger partial charge on any atom is 0.369 e. The Kier molecular flexibility index (Phi) is 4.30. The van der Waals surface area contributed by atoms with Gasteiger partial charge in [-0.15, -0.1) is 11.3 Å². The van der Waals surface area contributed by atoms with Gasteiger partial charge in [0.2, 0.25) is 0 Å². The Morgan fingerprint density at radius 1 is 1.21 bits per heavy atom. The van der Waals surface area contributed by atoms with Gasteiger partial charge in [0, 0.05) is 0 Å². The van der Waals surface area contributed by atoms with Gasteiger partial charge in [-0.25, -0.2) is 4.79 Å². The van der Waals surface area contributed by atoms with Crippen LogP contribution in [0, 0.1) is 0 Å². The average molecular weight is 275 g/mol. The molecule has 19 heavy (non-hydrogen) atoms. The standard InChI is InChI=1S/C14H13NO3S/c1-10(13-8-5-9-19-13)15-18-14(16)11-6-3-4-7-12(11)17-2/h3-9H,1-2H3/b15-10+. The van der Waals surface area contributed by atoms with Crippen molar-refractivity contribution in [1.82, 2.24) is 0 Å². The second-order valence-corrected chi connectivity index (χ2v) is 4.68. The minimum atomic E-state index is -0.534. The zero-order valence-corrected chi connectivity index (χ0v) is 11.4. The van der Waals surface area contributed by atoms with Crippen LogP contribution in [-0.4, -0.2) is 18.8 Å². The van der Waals surface area contributed by atoms with Crippen LogP contribution >= 0.6 is 11.3 Å². The third-order valence-corrected chi connectivity index (χ3v) is 3.45. The summed E-state index contributed by atoms with van der Waals surface area (Å²) in [5.74, 6) is -0.0650. The third-order valence-electron chi connectivity index (χ3n) is 2.47. The molecule has 98 valence electrons. The van der Waals surface area contributed by atoms with E-state index >= 15 is 0 Å².